The molecule has 166 valence electrons. The van der Waals surface area contributed by atoms with Crippen molar-refractivity contribution in [2.45, 2.75) is 6.42 Å². The van der Waals surface area contributed by atoms with Gasteiger partial charge in [0, 0.05) is 60.8 Å². The molecule has 9 nitrogen and oxygen atoms in total. The van der Waals surface area contributed by atoms with E-state index in [4.69, 9.17) is 16.6 Å². The van der Waals surface area contributed by atoms with Gasteiger partial charge in [-0.3, -0.25) is 0 Å². The number of aliphatic hydroxyl groups excluding tert-OH is 1. The van der Waals surface area contributed by atoms with E-state index in [9.17, 15) is 9.50 Å². The zero-order valence-electron chi connectivity index (χ0n) is 17.6. The van der Waals surface area contributed by atoms with Crippen LogP contribution in [0.2, 0.25) is 0 Å². The molecule has 0 unspecified atom stereocenters. The lowest BCUT2D eigenvalue weighted by Crippen LogP contribution is -2.24. The lowest BCUT2D eigenvalue weighted by Gasteiger charge is -2.26. The van der Waals surface area contributed by atoms with Crippen molar-refractivity contribution in [1.82, 2.24) is 9.97 Å². The predicted octanol–water partition coefficient (Wildman–Crippen LogP) is 3.50. The predicted molar refractivity (Wildman–Crippen MR) is 127 cm³/mol. The number of nitrogens with zero attached hydrogens (tertiary/aromatic N) is 3. The second kappa shape index (κ2) is 10.3. The fourth-order valence-corrected chi connectivity index (χ4v) is 3.25. The molecular formula is C22H25FN8O. The summed E-state index contributed by atoms with van der Waals surface area (Å²) in [5, 5.41) is 30.6. The molecular weight excluding hydrogens is 411 g/mol. The van der Waals surface area contributed by atoms with Crippen LogP contribution in [0.4, 0.5) is 38.9 Å². The van der Waals surface area contributed by atoms with Crippen molar-refractivity contribution in [3.8, 4) is 0 Å². The number of rotatable bonds is 10. The largest absolute Gasteiger partial charge is 0.398 e. The van der Waals surface area contributed by atoms with E-state index in [1.165, 1.54) is 6.21 Å². The Morgan fingerprint density at radius 1 is 1.22 bits per heavy atom. The highest BCUT2D eigenvalue weighted by atomic mass is 19.1. The maximum atomic E-state index is 14.8. The van der Waals surface area contributed by atoms with Crippen LogP contribution in [-0.2, 0) is 0 Å². The van der Waals surface area contributed by atoms with Crippen molar-refractivity contribution >= 4 is 46.9 Å². The number of nitrogen functional groups attached to an aromatic ring is 1. The summed E-state index contributed by atoms with van der Waals surface area (Å²) in [6.45, 7) is 0.162. The molecule has 0 amide bonds. The average molecular weight is 436 g/mol. The van der Waals surface area contributed by atoms with E-state index in [1.54, 1.807) is 48.3 Å². The van der Waals surface area contributed by atoms with E-state index in [1.807, 2.05) is 0 Å². The molecule has 1 heterocycles. The smallest absolute Gasteiger partial charge is 0.229 e. The lowest BCUT2D eigenvalue weighted by atomic mass is 10.1. The van der Waals surface area contributed by atoms with Gasteiger partial charge in [-0.2, -0.15) is 4.98 Å². The van der Waals surface area contributed by atoms with Crippen molar-refractivity contribution in [1.29, 1.82) is 10.8 Å². The van der Waals surface area contributed by atoms with Gasteiger partial charge in [0.2, 0.25) is 5.95 Å². The van der Waals surface area contributed by atoms with Crippen LogP contribution < -0.4 is 21.3 Å². The summed E-state index contributed by atoms with van der Waals surface area (Å²) < 4.78 is 14.8. The molecule has 0 saturated carbocycles. The molecule has 0 aliphatic rings. The molecule has 0 atom stereocenters. The third-order valence-corrected chi connectivity index (χ3v) is 4.81. The van der Waals surface area contributed by atoms with Crippen LogP contribution in [0.25, 0.3) is 0 Å². The number of aliphatic hydroxyl groups is 1. The van der Waals surface area contributed by atoms with E-state index >= 15 is 0 Å². The molecule has 0 aliphatic heterocycles. The molecule has 2 aromatic carbocycles. The van der Waals surface area contributed by atoms with Crippen molar-refractivity contribution < 1.29 is 9.50 Å². The Morgan fingerprint density at radius 3 is 2.72 bits per heavy atom. The van der Waals surface area contributed by atoms with Crippen LogP contribution in [-0.4, -0.2) is 47.7 Å². The van der Waals surface area contributed by atoms with E-state index in [-0.39, 0.29) is 24.9 Å². The molecule has 0 bridgehead atoms. The monoisotopic (exact) mass is 436 g/mol. The highest BCUT2D eigenvalue weighted by Gasteiger charge is 2.20. The summed E-state index contributed by atoms with van der Waals surface area (Å²) in [6, 6.07) is 10.4. The first kappa shape index (κ1) is 22.6. The molecule has 3 aromatic rings. The second-order valence-electron chi connectivity index (χ2n) is 6.84. The minimum atomic E-state index is -0.651. The molecule has 0 fully saturated rings. The molecule has 0 radical (unpaired) electrons. The Morgan fingerprint density at radius 2 is 2.03 bits per heavy atom. The number of aromatic nitrogens is 2. The molecule has 7 N–H and O–H groups in total. The fourth-order valence-electron chi connectivity index (χ4n) is 3.25. The number of hydrogen-bond donors (Lipinski definition) is 6. The van der Waals surface area contributed by atoms with Crippen molar-refractivity contribution in [3.05, 3.63) is 59.5 Å². The number of hydrogen-bond acceptors (Lipinski definition) is 9. The number of halogens is 1. The van der Waals surface area contributed by atoms with Crippen molar-refractivity contribution in [2.24, 2.45) is 0 Å². The van der Waals surface area contributed by atoms with Gasteiger partial charge in [-0.05, 0) is 36.8 Å². The normalized spacial score (nSPS) is 10.5. The van der Waals surface area contributed by atoms with E-state index in [2.05, 4.69) is 20.6 Å². The molecule has 32 heavy (non-hydrogen) atoms. The van der Waals surface area contributed by atoms with Gasteiger partial charge in [-0.1, -0.05) is 6.07 Å². The van der Waals surface area contributed by atoms with Crippen LogP contribution >= 0.6 is 0 Å². The molecule has 3 rings (SSSR count). The zero-order chi connectivity index (χ0) is 23.1. The average Bonchev–Trinajstić information content (AvgIpc) is 2.81. The van der Waals surface area contributed by atoms with Crippen molar-refractivity contribution in [3.63, 3.8) is 0 Å². The molecule has 0 spiro atoms. The minimum Gasteiger partial charge on any atom is -0.398 e. The summed E-state index contributed by atoms with van der Waals surface area (Å²) in [5.74, 6) is -0.489. The number of nitrogens with one attached hydrogen (secondary N) is 4. The van der Waals surface area contributed by atoms with E-state index < -0.39 is 5.82 Å². The lowest BCUT2D eigenvalue weighted by molar-refractivity contribution is 0.290. The first-order valence-corrected chi connectivity index (χ1v) is 9.91. The summed E-state index contributed by atoms with van der Waals surface area (Å²) in [4.78, 5) is 9.98. The molecule has 1 aromatic heterocycles. The second-order valence-corrected chi connectivity index (χ2v) is 6.84. The topological polar surface area (TPSA) is 147 Å². The number of anilines is 6. The third-order valence-electron chi connectivity index (χ3n) is 4.81. The van der Waals surface area contributed by atoms with Gasteiger partial charge < -0.3 is 37.2 Å². The van der Waals surface area contributed by atoms with Gasteiger partial charge >= 0.3 is 0 Å². The third kappa shape index (κ3) is 4.81. The Bertz CT molecular complexity index is 1120. The van der Waals surface area contributed by atoms with Gasteiger partial charge in [0.25, 0.3) is 0 Å². The minimum absolute atomic E-state index is 0.00500. The van der Waals surface area contributed by atoms with Crippen LogP contribution in [0, 0.1) is 16.6 Å². The Labute approximate surface area is 185 Å². The Kier molecular flexibility index (Phi) is 7.29. The summed E-state index contributed by atoms with van der Waals surface area (Å²) in [7, 11) is 1.75. The van der Waals surface area contributed by atoms with Gasteiger partial charge in [-0.15, -0.1) is 0 Å². The van der Waals surface area contributed by atoms with Crippen LogP contribution in [0.3, 0.4) is 0 Å². The van der Waals surface area contributed by atoms with Gasteiger partial charge in [0.15, 0.2) is 11.6 Å². The Balaban J connectivity index is 2.02. The quantitative estimate of drug-likeness (QED) is 0.210. The van der Waals surface area contributed by atoms with Gasteiger partial charge in [0.05, 0.1) is 11.9 Å². The summed E-state index contributed by atoms with van der Waals surface area (Å²) in [5.41, 5.74) is 9.44. The van der Waals surface area contributed by atoms with Gasteiger partial charge in [0.1, 0.15) is 0 Å². The molecule has 0 saturated heterocycles. The SMILES string of the molecule is CNc1cc(Nc2ncc(F)c(N(CCCO)c3cccc(N)c3C=N)n2)ccc1C=N. The number of benzene rings is 2. The van der Waals surface area contributed by atoms with E-state index in [0.717, 1.165) is 23.7 Å². The summed E-state index contributed by atoms with van der Waals surface area (Å²) in [6.07, 6.45) is 3.78. The van der Waals surface area contributed by atoms with Crippen LogP contribution in [0.1, 0.15) is 17.5 Å². The zero-order valence-corrected chi connectivity index (χ0v) is 17.6. The maximum Gasteiger partial charge on any atom is 0.229 e. The standard InChI is InChI=1S/C22H25FN8O/c1-27-19-10-15(7-6-14(19)11-24)29-22-28-13-17(23)21(30-22)31(8-3-9-32)20-5-2-4-18(26)16(20)12-25/h2,4-7,10-13,24-25,27,32H,3,8-9,26H2,1H3,(H,28,29,30). The van der Waals surface area contributed by atoms with Crippen molar-refractivity contribution in [2.75, 3.05) is 41.5 Å². The van der Waals surface area contributed by atoms with Gasteiger partial charge in [-0.25, -0.2) is 9.37 Å². The molecule has 0 aliphatic carbocycles. The first-order valence-electron chi connectivity index (χ1n) is 9.91. The number of nitrogens with two attached hydrogens (primary N) is 1. The summed E-state index contributed by atoms with van der Waals surface area (Å²) >= 11 is 0. The maximum absolute atomic E-state index is 14.8. The first-order chi connectivity index (χ1) is 15.5. The molecule has 10 heteroatoms. The van der Waals surface area contributed by atoms with Crippen LogP contribution in [0.5, 0.6) is 0 Å². The highest BCUT2D eigenvalue weighted by Crippen LogP contribution is 2.32. The van der Waals surface area contributed by atoms with E-state index in [0.29, 0.717) is 29.0 Å². The fraction of sp³-hybridized carbons (Fsp3) is 0.182. The Hall–Kier alpha value is -4.05. The van der Waals surface area contributed by atoms with Crippen LogP contribution in [0.15, 0.2) is 42.6 Å². The highest BCUT2D eigenvalue weighted by molar-refractivity contribution is 5.94.